The van der Waals surface area contributed by atoms with Crippen LogP contribution in [0.3, 0.4) is 0 Å². The van der Waals surface area contributed by atoms with Crippen LogP contribution in [0.4, 0.5) is 0 Å². The first-order valence-corrected chi connectivity index (χ1v) is 20.6. The maximum atomic E-state index is 11.9. The number of carbonyl (C=O) groups is 1. The summed E-state index contributed by atoms with van der Waals surface area (Å²) in [4.78, 5) is 11.9. The van der Waals surface area contributed by atoms with Crippen LogP contribution in [0.1, 0.15) is 19.8 Å². The maximum absolute atomic E-state index is 11.9. The zero-order valence-corrected chi connectivity index (χ0v) is 20.8. The van der Waals surface area contributed by atoms with Crippen molar-refractivity contribution in [1.29, 1.82) is 0 Å². The summed E-state index contributed by atoms with van der Waals surface area (Å²) in [6.45, 7) is 19.1. The lowest BCUT2D eigenvalue weighted by Gasteiger charge is -2.44. The molecule has 1 atom stereocenters. The number of hydrogen-bond acceptors (Lipinski definition) is 5. The van der Waals surface area contributed by atoms with Crippen molar-refractivity contribution in [2.24, 2.45) is 0 Å². The summed E-state index contributed by atoms with van der Waals surface area (Å²) < 4.78 is 24.9. The molecule has 0 saturated carbocycles. The van der Waals surface area contributed by atoms with E-state index in [9.17, 15) is 4.79 Å². The molecule has 0 aliphatic carbocycles. The standard InChI is InChI=1S/C15H34O5Si4/c1-13(2)14(16)18-21-24(12-10-9-11-17-24)15(19-22(3,4)5)20-23(6,7)8/h15H,1,9-12,21H2,2-8H3. The highest BCUT2D eigenvalue weighted by molar-refractivity contribution is 7.20. The van der Waals surface area contributed by atoms with Gasteiger partial charge in [-0.05, 0) is 58.7 Å². The fraction of sp³-hybridized carbons (Fsp3) is 0.800. The zero-order valence-electron chi connectivity index (χ0n) is 16.4. The Kier molecular flexibility index (Phi) is 7.85. The highest BCUT2D eigenvalue weighted by atomic mass is 29.2. The van der Waals surface area contributed by atoms with Gasteiger partial charge in [0.2, 0.25) is 9.28 Å². The molecule has 1 aliphatic rings. The van der Waals surface area contributed by atoms with Crippen LogP contribution < -0.4 is 0 Å². The lowest BCUT2D eigenvalue weighted by Crippen LogP contribution is -2.64. The summed E-state index contributed by atoms with van der Waals surface area (Å²) in [6.07, 6.45) is 2.16. The molecule has 140 valence electrons. The second-order valence-electron chi connectivity index (χ2n) is 8.52. The Morgan fingerprint density at radius 2 is 1.67 bits per heavy atom. The van der Waals surface area contributed by atoms with Crippen molar-refractivity contribution < 1.29 is 22.5 Å². The Morgan fingerprint density at radius 1 is 1.12 bits per heavy atom. The first-order valence-electron chi connectivity index (χ1n) is 8.67. The van der Waals surface area contributed by atoms with Crippen LogP contribution in [-0.2, 0) is 22.5 Å². The lowest BCUT2D eigenvalue weighted by atomic mass is 10.4. The van der Waals surface area contributed by atoms with E-state index in [0.29, 0.717) is 5.57 Å². The Morgan fingerprint density at radius 3 is 2.04 bits per heavy atom. The third kappa shape index (κ3) is 7.46. The van der Waals surface area contributed by atoms with Gasteiger partial charge < -0.3 is 17.7 Å². The largest absolute Gasteiger partial charge is 0.522 e. The molecule has 0 aromatic carbocycles. The van der Waals surface area contributed by atoms with Crippen molar-refractivity contribution in [2.45, 2.75) is 71.0 Å². The molecule has 0 spiro atoms. The molecular formula is C15H34O5Si4. The quantitative estimate of drug-likeness (QED) is 0.352. The summed E-state index contributed by atoms with van der Waals surface area (Å²) in [7, 11) is -7.20. The van der Waals surface area contributed by atoms with Gasteiger partial charge in [-0.25, -0.2) is 4.79 Å². The summed E-state index contributed by atoms with van der Waals surface area (Å²) in [5, 5.41) is 0. The first-order chi connectivity index (χ1) is 10.8. The molecule has 0 amide bonds. The molecule has 1 heterocycles. The number of rotatable bonds is 8. The predicted octanol–water partition coefficient (Wildman–Crippen LogP) is 3.01. The molecule has 5 nitrogen and oxygen atoms in total. The van der Waals surface area contributed by atoms with Gasteiger partial charge >= 0.3 is 5.97 Å². The Hall–Kier alpha value is -0.0425. The minimum atomic E-state index is -2.36. The number of hydrogen-bond donors (Lipinski definition) is 0. The van der Waals surface area contributed by atoms with Gasteiger partial charge in [0.25, 0.3) is 7.83 Å². The molecule has 1 saturated heterocycles. The van der Waals surface area contributed by atoms with Crippen molar-refractivity contribution >= 4 is 39.7 Å². The molecule has 9 heteroatoms. The fourth-order valence-corrected chi connectivity index (χ4v) is 15.6. The first kappa shape index (κ1) is 22.0. The second kappa shape index (κ2) is 8.56. The van der Waals surface area contributed by atoms with E-state index in [4.69, 9.17) is 17.7 Å². The lowest BCUT2D eigenvalue weighted by molar-refractivity contribution is -0.129. The SMILES string of the molecule is C=C(C)C(=O)O[SiH2][Si]1(C(O[Si](C)(C)C)O[Si](C)(C)C)CCCCO1. The number of carbonyl (C=O) groups excluding carboxylic acids is 1. The Balaban J connectivity index is 3.05. The van der Waals surface area contributed by atoms with Gasteiger partial charge in [0, 0.05) is 12.2 Å². The van der Waals surface area contributed by atoms with E-state index < -0.39 is 33.8 Å². The van der Waals surface area contributed by atoms with E-state index in [1.165, 1.54) is 0 Å². The molecule has 0 N–H and O–H groups in total. The van der Waals surface area contributed by atoms with Gasteiger partial charge in [-0.1, -0.05) is 13.0 Å². The average Bonchev–Trinajstić information content (AvgIpc) is 2.42. The van der Waals surface area contributed by atoms with Crippen molar-refractivity contribution in [3.63, 3.8) is 0 Å². The van der Waals surface area contributed by atoms with Crippen LogP contribution in [0.2, 0.25) is 45.3 Å². The summed E-state index contributed by atoms with van der Waals surface area (Å²) in [5.74, 6) is -0.608. The minimum Gasteiger partial charge on any atom is -0.522 e. The maximum Gasteiger partial charge on any atom is 0.319 e. The molecule has 1 aliphatic heterocycles. The van der Waals surface area contributed by atoms with Crippen LogP contribution in [0.15, 0.2) is 12.2 Å². The molecular weight excluding hydrogens is 373 g/mol. The van der Waals surface area contributed by atoms with Crippen LogP contribution in [0, 0.1) is 0 Å². The second-order valence-corrected chi connectivity index (χ2v) is 25.9. The van der Waals surface area contributed by atoms with Gasteiger partial charge in [-0.15, -0.1) is 0 Å². The highest BCUT2D eigenvalue weighted by Crippen LogP contribution is 2.30. The molecule has 24 heavy (non-hydrogen) atoms. The van der Waals surface area contributed by atoms with Crippen molar-refractivity contribution in [3.8, 4) is 0 Å². The molecule has 1 rings (SSSR count). The molecule has 0 radical (unpaired) electrons. The van der Waals surface area contributed by atoms with Gasteiger partial charge in [0.15, 0.2) is 22.5 Å². The van der Waals surface area contributed by atoms with E-state index in [-0.39, 0.29) is 11.9 Å². The van der Waals surface area contributed by atoms with E-state index in [1.54, 1.807) is 6.92 Å². The molecule has 1 fully saturated rings. The highest BCUT2D eigenvalue weighted by Gasteiger charge is 2.51. The zero-order chi connectivity index (χ0) is 18.6. The van der Waals surface area contributed by atoms with E-state index >= 15 is 0 Å². The van der Waals surface area contributed by atoms with Crippen LogP contribution in [-0.4, -0.2) is 52.2 Å². The van der Waals surface area contributed by atoms with Crippen molar-refractivity contribution in [1.82, 2.24) is 0 Å². The topological polar surface area (TPSA) is 54.0 Å². The summed E-state index contributed by atoms with van der Waals surface area (Å²) >= 11 is 0. The third-order valence-corrected chi connectivity index (χ3v) is 14.4. The normalized spacial score (nSPS) is 23.0. The molecule has 0 aromatic heterocycles. The predicted molar refractivity (Wildman–Crippen MR) is 108 cm³/mol. The fourth-order valence-electron chi connectivity index (χ4n) is 2.43. The van der Waals surface area contributed by atoms with Crippen LogP contribution >= 0.6 is 0 Å². The van der Waals surface area contributed by atoms with Gasteiger partial charge in [-0.3, -0.25) is 0 Å². The molecule has 0 aromatic rings. The Labute approximate surface area is 152 Å². The smallest absolute Gasteiger partial charge is 0.319 e. The summed E-state index contributed by atoms with van der Waals surface area (Å²) in [6, 6.07) is 0.961. The Bertz CT molecular complexity index is 434. The van der Waals surface area contributed by atoms with Gasteiger partial charge in [-0.2, -0.15) is 0 Å². The van der Waals surface area contributed by atoms with E-state index in [2.05, 4.69) is 45.9 Å². The third-order valence-electron chi connectivity index (χ3n) is 3.53. The van der Waals surface area contributed by atoms with Crippen LogP contribution in [0.25, 0.3) is 0 Å². The van der Waals surface area contributed by atoms with E-state index in [1.807, 2.05) is 0 Å². The van der Waals surface area contributed by atoms with Gasteiger partial charge in [0.1, 0.15) is 0 Å². The summed E-state index contributed by atoms with van der Waals surface area (Å²) in [5.41, 5.74) is 0.441. The van der Waals surface area contributed by atoms with Crippen molar-refractivity contribution in [2.75, 3.05) is 6.61 Å². The monoisotopic (exact) mass is 406 g/mol. The molecule has 1 unspecified atom stereocenters. The van der Waals surface area contributed by atoms with Crippen LogP contribution in [0.5, 0.6) is 0 Å². The van der Waals surface area contributed by atoms with Gasteiger partial charge in [0.05, 0.1) is 0 Å². The molecule has 0 bridgehead atoms. The van der Waals surface area contributed by atoms with Crippen molar-refractivity contribution in [3.05, 3.63) is 12.2 Å². The minimum absolute atomic E-state index is 0.303. The van der Waals surface area contributed by atoms with E-state index in [0.717, 1.165) is 25.5 Å². The average molecular weight is 407 g/mol.